The number of halogens is 1. The molecule has 0 saturated heterocycles. The minimum Gasteiger partial charge on any atom is -0.303 e. The third kappa shape index (κ3) is 5.06. The van der Waals surface area contributed by atoms with Crippen LogP contribution in [0.5, 0.6) is 0 Å². The highest BCUT2D eigenvalue weighted by atomic mass is 79.9. The third-order valence-electron chi connectivity index (χ3n) is 1.61. The van der Waals surface area contributed by atoms with Crippen molar-refractivity contribution in [2.45, 2.75) is 19.4 Å². The van der Waals surface area contributed by atoms with Crippen LogP contribution in [-0.2, 0) is 6.42 Å². The van der Waals surface area contributed by atoms with Crippen molar-refractivity contribution in [1.82, 2.24) is 5.32 Å². The van der Waals surface area contributed by atoms with E-state index in [1.165, 1.54) is 0 Å². The predicted molar refractivity (Wildman–Crippen MR) is 66.8 cm³/mol. The molecule has 0 heterocycles. The summed E-state index contributed by atoms with van der Waals surface area (Å²) in [7, 11) is 0. The van der Waals surface area contributed by atoms with Crippen molar-refractivity contribution >= 4 is 17.0 Å². The van der Waals surface area contributed by atoms with E-state index >= 15 is 0 Å². The van der Waals surface area contributed by atoms with Crippen LogP contribution >= 0.6 is 17.0 Å². The highest BCUT2D eigenvalue weighted by Crippen LogP contribution is 2.01. The van der Waals surface area contributed by atoms with Crippen molar-refractivity contribution in [2.24, 2.45) is 0 Å². The zero-order valence-corrected chi connectivity index (χ0v) is 9.69. The van der Waals surface area contributed by atoms with E-state index in [0.29, 0.717) is 18.5 Å². The average Bonchev–Trinajstić information content (AvgIpc) is 2.36. The molecule has 1 aromatic carbocycles. The monoisotopic (exact) mass is 258 g/mol. The van der Waals surface area contributed by atoms with Crippen molar-refractivity contribution in [2.75, 3.05) is 6.54 Å². The van der Waals surface area contributed by atoms with Crippen molar-refractivity contribution < 1.29 is 6.85 Å². The first-order valence-electron chi connectivity index (χ1n) is 6.62. The number of hydrogen-bond donors (Lipinski definition) is 1. The summed E-state index contributed by atoms with van der Waals surface area (Å²) in [5.41, 5.74) is 0.318. The fourth-order valence-electron chi connectivity index (χ4n) is 0.989. The maximum Gasteiger partial charge on any atom is 0.0626 e. The summed E-state index contributed by atoms with van der Waals surface area (Å²) < 4.78 is 38.1. The molecule has 1 atom stereocenters. The highest BCUT2D eigenvalue weighted by molar-refractivity contribution is 8.93. The van der Waals surface area contributed by atoms with Crippen LogP contribution in [0, 0.1) is 12.3 Å². The molecule has 1 nitrogen and oxygen atoms in total. The van der Waals surface area contributed by atoms with Gasteiger partial charge in [0.05, 0.1) is 13.4 Å². The SMILES string of the molecule is Br.[2H]c1c([2H])c([2H])c(C[C@@H](C)NCC#C)c([2H])c1[2H]. The zero-order chi connectivity index (χ0) is 13.9. The van der Waals surface area contributed by atoms with Gasteiger partial charge in [-0.25, -0.2) is 0 Å². The molecule has 0 saturated carbocycles. The molecular formula is C12H16BrN. The molecule has 0 amide bonds. The zero-order valence-electron chi connectivity index (χ0n) is 13.0. The number of terminal acetylenes is 1. The lowest BCUT2D eigenvalue weighted by Crippen LogP contribution is -2.28. The van der Waals surface area contributed by atoms with E-state index in [4.69, 9.17) is 13.3 Å². The van der Waals surface area contributed by atoms with Gasteiger partial charge in [0.15, 0.2) is 0 Å². The van der Waals surface area contributed by atoms with Crippen molar-refractivity contribution in [3.63, 3.8) is 0 Å². The number of rotatable bonds is 4. The lowest BCUT2D eigenvalue weighted by atomic mass is 10.1. The van der Waals surface area contributed by atoms with E-state index in [1.54, 1.807) is 0 Å². The summed E-state index contributed by atoms with van der Waals surface area (Å²) in [5.74, 6) is 2.44. The van der Waals surface area contributed by atoms with E-state index in [1.807, 2.05) is 6.92 Å². The molecule has 1 aromatic rings. The second kappa shape index (κ2) is 7.61. The summed E-state index contributed by atoms with van der Waals surface area (Å²) >= 11 is 0. The van der Waals surface area contributed by atoms with E-state index in [0.717, 1.165) is 0 Å². The predicted octanol–water partition coefficient (Wildman–Crippen LogP) is 2.42. The van der Waals surface area contributed by atoms with Gasteiger partial charge in [0, 0.05) is 6.04 Å². The minimum atomic E-state index is -0.363. The minimum absolute atomic E-state index is 0. The molecule has 0 unspecified atom stereocenters. The Morgan fingerprint density at radius 1 is 1.50 bits per heavy atom. The molecular weight excluding hydrogens is 238 g/mol. The van der Waals surface area contributed by atoms with Gasteiger partial charge in [0.25, 0.3) is 0 Å². The highest BCUT2D eigenvalue weighted by Gasteiger charge is 2.00. The van der Waals surface area contributed by atoms with Crippen LogP contribution in [-0.4, -0.2) is 12.6 Å². The first-order valence-corrected chi connectivity index (χ1v) is 4.12. The van der Waals surface area contributed by atoms with Gasteiger partial charge in [-0.3, -0.25) is 0 Å². The Morgan fingerprint density at radius 2 is 2.14 bits per heavy atom. The molecule has 14 heavy (non-hydrogen) atoms. The van der Waals surface area contributed by atoms with Crippen LogP contribution in [0.3, 0.4) is 0 Å². The number of benzene rings is 1. The molecule has 0 aliphatic rings. The Hall–Kier alpha value is -0.780. The Kier molecular flexibility index (Phi) is 3.62. The molecule has 0 aromatic heterocycles. The molecule has 0 aliphatic heterocycles. The van der Waals surface area contributed by atoms with Crippen LogP contribution in [0.15, 0.2) is 30.2 Å². The summed E-state index contributed by atoms with van der Waals surface area (Å²) in [4.78, 5) is 0. The molecule has 0 bridgehead atoms. The molecule has 0 radical (unpaired) electrons. The standard InChI is InChI=1S/C12H15N.BrH/c1-3-9-13-11(2)10-12-7-5-4-6-8-12;/h1,4-8,11,13H,9-10H2,2H3;1H/t11-;/m1./s1/i4D,5D,6D,7D,8D;. The Balaban J connectivity index is 0.00000324. The van der Waals surface area contributed by atoms with Gasteiger partial charge in [0.2, 0.25) is 0 Å². The largest absolute Gasteiger partial charge is 0.303 e. The van der Waals surface area contributed by atoms with Gasteiger partial charge in [-0.1, -0.05) is 36.1 Å². The fraction of sp³-hybridized carbons (Fsp3) is 0.333. The first-order chi connectivity index (χ1) is 8.40. The quantitative estimate of drug-likeness (QED) is 0.819. The summed E-state index contributed by atoms with van der Waals surface area (Å²) in [6.07, 6.45) is 5.47. The molecule has 0 fully saturated rings. The van der Waals surface area contributed by atoms with Gasteiger partial charge < -0.3 is 5.32 Å². The maximum absolute atomic E-state index is 7.77. The van der Waals surface area contributed by atoms with Crippen LogP contribution in [0.4, 0.5) is 0 Å². The van der Waals surface area contributed by atoms with Crippen LogP contribution < -0.4 is 5.32 Å². The van der Waals surface area contributed by atoms with E-state index in [9.17, 15) is 0 Å². The number of nitrogens with one attached hydrogen (secondary N) is 1. The second-order valence-electron chi connectivity index (χ2n) is 2.79. The second-order valence-corrected chi connectivity index (χ2v) is 2.79. The maximum atomic E-state index is 7.77. The van der Waals surface area contributed by atoms with Gasteiger partial charge in [-0.2, -0.15) is 0 Å². The average molecular weight is 259 g/mol. The van der Waals surface area contributed by atoms with Gasteiger partial charge >= 0.3 is 0 Å². The first kappa shape index (κ1) is 6.66. The molecule has 0 spiro atoms. The lowest BCUT2D eigenvalue weighted by Gasteiger charge is -2.11. The molecule has 1 N–H and O–H groups in total. The van der Waals surface area contributed by atoms with E-state index in [2.05, 4.69) is 11.2 Å². The van der Waals surface area contributed by atoms with Crippen LogP contribution in [0.1, 0.15) is 19.3 Å². The molecule has 2 heteroatoms. The van der Waals surface area contributed by atoms with Gasteiger partial charge in [-0.15, -0.1) is 23.4 Å². The normalized spacial score (nSPS) is 16.1. The summed E-state index contributed by atoms with van der Waals surface area (Å²) in [6, 6.07) is -1.29. The van der Waals surface area contributed by atoms with Crippen LogP contribution in [0.25, 0.3) is 0 Å². The summed E-state index contributed by atoms with van der Waals surface area (Å²) in [6.45, 7) is 2.25. The smallest absolute Gasteiger partial charge is 0.0626 e. The lowest BCUT2D eigenvalue weighted by molar-refractivity contribution is 0.585. The van der Waals surface area contributed by atoms with Gasteiger partial charge in [0.1, 0.15) is 0 Å². The Bertz CT molecular complexity index is 469. The third-order valence-corrected chi connectivity index (χ3v) is 1.61. The molecule has 0 aliphatic carbocycles. The number of hydrogen-bond acceptors (Lipinski definition) is 1. The van der Waals surface area contributed by atoms with Crippen molar-refractivity contribution in [3.8, 4) is 12.3 Å². The Labute approximate surface area is 104 Å². The van der Waals surface area contributed by atoms with Crippen molar-refractivity contribution in [1.29, 1.82) is 0 Å². The Morgan fingerprint density at radius 3 is 2.71 bits per heavy atom. The molecule has 1 rings (SSSR count). The topological polar surface area (TPSA) is 12.0 Å². The van der Waals surface area contributed by atoms with Crippen LogP contribution in [0.2, 0.25) is 0 Å². The van der Waals surface area contributed by atoms with E-state index in [-0.39, 0.29) is 53.2 Å². The van der Waals surface area contributed by atoms with Gasteiger partial charge in [-0.05, 0) is 18.9 Å². The van der Waals surface area contributed by atoms with E-state index < -0.39 is 0 Å². The van der Waals surface area contributed by atoms with Crippen molar-refractivity contribution in [3.05, 3.63) is 35.8 Å². The summed E-state index contributed by atoms with van der Waals surface area (Å²) in [5, 5.41) is 3.02. The molecule has 76 valence electrons. The fourth-order valence-corrected chi connectivity index (χ4v) is 0.989.